The van der Waals surface area contributed by atoms with Crippen molar-refractivity contribution in [3.05, 3.63) is 30.2 Å². The van der Waals surface area contributed by atoms with Crippen LogP contribution in [0.2, 0.25) is 0 Å². The first kappa shape index (κ1) is 11.1. The maximum absolute atomic E-state index is 4.26. The minimum Gasteiger partial charge on any atom is -0.369 e. The Morgan fingerprint density at radius 1 is 1.33 bits per heavy atom. The molecular formula is C11H12N6S. The third-order valence-electron chi connectivity index (χ3n) is 2.59. The van der Waals surface area contributed by atoms with Crippen molar-refractivity contribution in [2.24, 2.45) is 0 Å². The van der Waals surface area contributed by atoms with Gasteiger partial charge in [-0.1, -0.05) is 5.21 Å². The lowest BCUT2D eigenvalue weighted by atomic mass is 10.3. The Bertz CT molecular complexity index is 617. The van der Waals surface area contributed by atoms with Crippen molar-refractivity contribution in [3.63, 3.8) is 0 Å². The molecule has 0 saturated carbocycles. The van der Waals surface area contributed by atoms with Crippen molar-refractivity contribution in [3.8, 4) is 0 Å². The lowest BCUT2D eigenvalue weighted by Crippen LogP contribution is -2.08. The van der Waals surface area contributed by atoms with Gasteiger partial charge in [0, 0.05) is 19.3 Å². The van der Waals surface area contributed by atoms with E-state index in [4.69, 9.17) is 0 Å². The van der Waals surface area contributed by atoms with Crippen LogP contribution in [0.5, 0.6) is 0 Å². The van der Waals surface area contributed by atoms with Crippen molar-refractivity contribution in [2.45, 2.75) is 13.0 Å². The zero-order valence-corrected chi connectivity index (χ0v) is 10.5. The lowest BCUT2D eigenvalue weighted by molar-refractivity contribution is 0.569. The van der Waals surface area contributed by atoms with Crippen LogP contribution in [-0.4, -0.2) is 31.5 Å². The van der Waals surface area contributed by atoms with Crippen LogP contribution < -0.4 is 5.32 Å². The largest absolute Gasteiger partial charge is 0.369 e. The molecule has 0 saturated heterocycles. The van der Waals surface area contributed by atoms with Gasteiger partial charge in [0.25, 0.3) is 0 Å². The number of fused-ring (bicyclic) bond motifs is 1. The predicted octanol–water partition coefficient (Wildman–Crippen LogP) is 1.78. The molecule has 7 heteroatoms. The molecule has 6 nitrogen and oxygen atoms in total. The SMILES string of the molecule is c1cn(CCCNc2ncnc3sccc23)nn1. The monoisotopic (exact) mass is 260 g/mol. The van der Waals surface area contributed by atoms with Gasteiger partial charge in [0.15, 0.2) is 0 Å². The number of aryl methyl sites for hydroxylation is 1. The number of nitrogens with zero attached hydrogens (tertiary/aromatic N) is 5. The van der Waals surface area contributed by atoms with Crippen molar-refractivity contribution < 1.29 is 0 Å². The van der Waals surface area contributed by atoms with E-state index in [9.17, 15) is 0 Å². The molecule has 0 aliphatic carbocycles. The Morgan fingerprint density at radius 3 is 3.22 bits per heavy atom. The summed E-state index contributed by atoms with van der Waals surface area (Å²) >= 11 is 1.63. The number of aromatic nitrogens is 5. The minimum atomic E-state index is 0.849. The molecule has 3 aromatic rings. The summed E-state index contributed by atoms with van der Waals surface area (Å²) in [6.07, 6.45) is 6.12. The van der Waals surface area contributed by atoms with Crippen LogP contribution in [-0.2, 0) is 6.54 Å². The van der Waals surface area contributed by atoms with Gasteiger partial charge in [-0.05, 0) is 17.9 Å². The zero-order valence-electron chi connectivity index (χ0n) is 9.65. The second-order valence-corrected chi connectivity index (χ2v) is 4.70. The highest BCUT2D eigenvalue weighted by molar-refractivity contribution is 7.16. The van der Waals surface area contributed by atoms with Gasteiger partial charge in [-0.15, -0.1) is 16.4 Å². The third-order valence-corrected chi connectivity index (χ3v) is 3.41. The van der Waals surface area contributed by atoms with Crippen LogP contribution in [0.1, 0.15) is 6.42 Å². The van der Waals surface area contributed by atoms with Gasteiger partial charge in [-0.2, -0.15) is 0 Å². The van der Waals surface area contributed by atoms with Gasteiger partial charge in [0.05, 0.1) is 11.6 Å². The first-order chi connectivity index (χ1) is 8.93. The molecular weight excluding hydrogens is 248 g/mol. The summed E-state index contributed by atoms with van der Waals surface area (Å²) in [5.41, 5.74) is 0. The second-order valence-electron chi connectivity index (χ2n) is 3.81. The fourth-order valence-electron chi connectivity index (χ4n) is 1.73. The van der Waals surface area contributed by atoms with Crippen LogP contribution in [0.25, 0.3) is 10.2 Å². The van der Waals surface area contributed by atoms with Crippen LogP contribution in [0.3, 0.4) is 0 Å². The summed E-state index contributed by atoms with van der Waals surface area (Å²) in [7, 11) is 0. The molecule has 18 heavy (non-hydrogen) atoms. The Kier molecular flexibility index (Phi) is 3.14. The molecule has 1 N–H and O–H groups in total. The molecule has 0 fully saturated rings. The summed E-state index contributed by atoms with van der Waals surface area (Å²) < 4.78 is 1.82. The van der Waals surface area contributed by atoms with Gasteiger partial charge in [0.2, 0.25) is 0 Å². The smallest absolute Gasteiger partial charge is 0.138 e. The summed E-state index contributed by atoms with van der Waals surface area (Å²) in [6.45, 7) is 1.70. The highest BCUT2D eigenvalue weighted by Gasteiger charge is 2.03. The van der Waals surface area contributed by atoms with Crippen molar-refractivity contribution in [2.75, 3.05) is 11.9 Å². The molecule has 0 aliphatic heterocycles. The van der Waals surface area contributed by atoms with Crippen LogP contribution >= 0.6 is 11.3 Å². The van der Waals surface area contributed by atoms with Crippen molar-refractivity contribution in [1.82, 2.24) is 25.0 Å². The molecule has 0 aliphatic rings. The maximum Gasteiger partial charge on any atom is 0.138 e. The topological polar surface area (TPSA) is 68.5 Å². The fraction of sp³-hybridized carbons (Fsp3) is 0.273. The Hall–Kier alpha value is -2.02. The number of anilines is 1. The van der Waals surface area contributed by atoms with E-state index in [1.807, 2.05) is 22.3 Å². The number of hydrogen-bond acceptors (Lipinski definition) is 6. The predicted molar refractivity (Wildman–Crippen MR) is 70.5 cm³/mol. The summed E-state index contributed by atoms with van der Waals surface area (Å²) in [5.74, 6) is 0.903. The zero-order chi connectivity index (χ0) is 12.2. The number of hydrogen-bond donors (Lipinski definition) is 1. The highest BCUT2D eigenvalue weighted by Crippen LogP contribution is 2.23. The third kappa shape index (κ3) is 2.30. The maximum atomic E-state index is 4.26. The standard InChI is InChI=1S/C11H12N6S/c1(5-17-6-4-15-16-17)3-12-10-9-2-7-18-11(9)14-8-13-10/h2,4,6-8H,1,3,5H2,(H,12,13,14). The fourth-order valence-corrected chi connectivity index (χ4v) is 2.46. The molecule has 3 aromatic heterocycles. The minimum absolute atomic E-state index is 0.849. The van der Waals surface area contributed by atoms with E-state index in [0.717, 1.165) is 35.5 Å². The summed E-state index contributed by atoms with van der Waals surface area (Å²) in [5, 5.41) is 14.1. The van der Waals surface area contributed by atoms with E-state index in [2.05, 4.69) is 25.6 Å². The normalized spacial score (nSPS) is 10.9. The first-order valence-corrected chi connectivity index (χ1v) is 6.57. The lowest BCUT2D eigenvalue weighted by Gasteiger charge is -2.06. The quantitative estimate of drug-likeness (QED) is 0.708. The van der Waals surface area contributed by atoms with Gasteiger partial charge in [0.1, 0.15) is 17.0 Å². The average Bonchev–Trinajstić information content (AvgIpc) is 3.05. The second kappa shape index (κ2) is 5.09. The Morgan fingerprint density at radius 2 is 2.33 bits per heavy atom. The van der Waals surface area contributed by atoms with E-state index >= 15 is 0 Å². The Balaban J connectivity index is 1.58. The van der Waals surface area contributed by atoms with Gasteiger partial charge >= 0.3 is 0 Å². The first-order valence-electron chi connectivity index (χ1n) is 5.69. The number of rotatable bonds is 5. The molecule has 0 aromatic carbocycles. The highest BCUT2D eigenvalue weighted by atomic mass is 32.1. The van der Waals surface area contributed by atoms with Gasteiger partial charge in [-0.3, -0.25) is 4.68 Å². The van der Waals surface area contributed by atoms with Crippen molar-refractivity contribution >= 4 is 27.4 Å². The molecule has 0 bridgehead atoms. The number of nitrogens with one attached hydrogen (secondary N) is 1. The van der Waals surface area contributed by atoms with Crippen LogP contribution in [0.15, 0.2) is 30.2 Å². The molecule has 3 rings (SSSR count). The molecule has 92 valence electrons. The molecule has 0 radical (unpaired) electrons. The average molecular weight is 260 g/mol. The van der Waals surface area contributed by atoms with E-state index in [1.165, 1.54) is 0 Å². The Labute approximate surface area is 108 Å². The molecule has 0 spiro atoms. The van der Waals surface area contributed by atoms with E-state index in [1.54, 1.807) is 23.9 Å². The van der Waals surface area contributed by atoms with Crippen molar-refractivity contribution in [1.29, 1.82) is 0 Å². The van der Waals surface area contributed by atoms with Gasteiger partial charge in [-0.25, -0.2) is 9.97 Å². The molecule has 0 atom stereocenters. The number of thiophene rings is 1. The van der Waals surface area contributed by atoms with E-state index in [-0.39, 0.29) is 0 Å². The summed E-state index contributed by atoms with van der Waals surface area (Å²) in [6, 6.07) is 2.04. The van der Waals surface area contributed by atoms with E-state index in [0.29, 0.717) is 0 Å². The van der Waals surface area contributed by atoms with E-state index < -0.39 is 0 Å². The van der Waals surface area contributed by atoms with Crippen LogP contribution in [0.4, 0.5) is 5.82 Å². The molecule has 0 amide bonds. The summed E-state index contributed by atoms with van der Waals surface area (Å²) in [4.78, 5) is 9.50. The van der Waals surface area contributed by atoms with Gasteiger partial charge < -0.3 is 5.32 Å². The van der Waals surface area contributed by atoms with Crippen LogP contribution in [0, 0.1) is 0 Å². The molecule has 3 heterocycles. The molecule has 0 unspecified atom stereocenters.